The first-order chi connectivity index (χ1) is 24.7. The molecule has 0 aromatic carbocycles. The van der Waals surface area contributed by atoms with Crippen LogP contribution >= 0.6 is 429 Å². The molecule has 0 amide bonds. The van der Waals surface area contributed by atoms with Crippen LogP contribution in [0.3, 0.4) is 0 Å². The molecule has 0 radical (unpaired) electrons. The largest absolute Gasteiger partial charge is 0.304 e. The second kappa shape index (κ2) is 21.0. The van der Waals surface area contributed by atoms with Gasteiger partial charge in [-0.2, -0.15) is 4.21 Å². The average Bonchev–Trinajstić information content (AvgIpc) is 2.98. The van der Waals surface area contributed by atoms with Gasteiger partial charge in [0.1, 0.15) is 0 Å². The Kier molecular flexibility index (Phi) is 24.8. The molecular formula is C18HCl37O3S. The van der Waals surface area contributed by atoms with Crippen LogP contribution in [0, 0.1) is 0 Å². The van der Waals surface area contributed by atoms with Crippen molar-refractivity contribution in [1.82, 2.24) is 0 Å². The summed E-state index contributed by atoms with van der Waals surface area (Å²) < 4.78 is -39.2. The zero-order valence-corrected chi connectivity index (χ0v) is 53.4. The fraction of sp³-hybridized carbons (Fsp3) is 1.00. The van der Waals surface area contributed by atoms with Gasteiger partial charge in [-0.1, -0.05) is 429 Å². The topological polar surface area (TPSA) is 46.5 Å². The van der Waals surface area contributed by atoms with Crippen LogP contribution in [-0.2, 0) is 15.5 Å². The summed E-state index contributed by atoms with van der Waals surface area (Å²) in [6.45, 7) is 0. The van der Waals surface area contributed by atoms with Crippen molar-refractivity contribution in [3.05, 3.63) is 0 Å². The van der Waals surface area contributed by atoms with E-state index < -0.39 is 89.0 Å². The zero-order chi connectivity index (χ0) is 49.3. The second-order valence-electron chi connectivity index (χ2n) is 10.5. The van der Waals surface area contributed by atoms with Gasteiger partial charge >= 0.3 is 11.4 Å². The molecule has 0 aliphatic heterocycles. The third-order valence-corrected chi connectivity index (χ3v) is 33.8. The predicted molar refractivity (Wildman–Crippen MR) is 278 cm³/mol. The number of alkyl halides is 37. The van der Waals surface area contributed by atoms with E-state index in [4.69, 9.17) is 434 Å². The van der Waals surface area contributed by atoms with Gasteiger partial charge < -0.3 is 0 Å². The van der Waals surface area contributed by atoms with Crippen LogP contribution in [-0.4, -0.2) is 86.4 Å². The molecule has 59 heavy (non-hydrogen) atoms. The lowest BCUT2D eigenvalue weighted by Gasteiger charge is -2.59. The van der Waals surface area contributed by atoms with Gasteiger partial charge in [0.2, 0.25) is 12.5 Å². The SMILES string of the molecule is O=S(O)OC(Cl)(Cl)C(Cl)(Cl)C(Cl)(Cl)C(Cl)(Cl)C(Cl)(Cl)C(Cl)(Cl)C(Cl)(Cl)C(Cl)(Cl)C(Cl)(Cl)C(Cl)(Cl)C(Cl)(Cl)C(Cl)(Cl)C(Cl)(Cl)C(Cl)(Cl)C(Cl)(Cl)C(Cl)(Cl)C(Cl)(Cl)C(Cl)(Cl)Cl. The zero-order valence-electron chi connectivity index (χ0n) is 24.7. The van der Waals surface area contributed by atoms with Crippen LogP contribution in [0.5, 0.6) is 0 Å². The molecule has 0 aromatic rings. The Morgan fingerprint density at radius 3 is 0.475 bits per heavy atom. The normalized spacial score (nSPS) is 17.7. The lowest BCUT2D eigenvalue weighted by atomic mass is 9.96. The van der Waals surface area contributed by atoms with E-state index in [2.05, 4.69) is 4.18 Å². The summed E-state index contributed by atoms with van der Waals surface area (Å²) in [7, 11) is 0. The van der Waals surface area contributed by atoms with Crippen LogP contribution in [0.25, 0.3) is 0 Å². The van der Waals surface area contributed by atoms with Crippen LogP contribution in [0.1, 0.15) is 0 Å². The van der Waals surface area contributed by atoms with Crippen molar-refractivity contribution < 1.29 is 12.9 Å². The monoisotopic (exact) mass is 1590 g/mol. The molecule has 0 aliphatic carbocycles. The number of hydrogen-bond acceptors (Lipinski definition) is 2. The maximum Gasteiger partial charge on any atom is 0.304 e. The van der Waals surface area contributed by atoms with E-state index in [1.165, 1.54) is 0 Å². The molecule has 0 saturated heterocycles. The van der Waals surface area contributed by atoms with Crippen molar-refractivity contribution >= 4 is 441 Å². The fourth-order valence-electron chi connectivity index (χ4n) is 3.26. The molecule has 0 saturated carbocycles. The van der Waals surface area contributed by atoms with Crippen molar-refractivity contribution in [2.24, 2.45) is 0 Å². The van der Waals surface area contributed by atoms with Crippen molar-refractivity contribution in [3.8, 4) is 0 Å². The van der Waals surface area contributed by atoms with E-state index in [-0.39, 0.29) is 0 Å². The predicted octanol–water partition coefficient (Wildman–Crippen LogP) is 21.4. The molecule has 0 aromatic heterocycles. The molecular weight excluding hydrogens is 1610 g/mol. The van der Waals surface area contributed by atoms with Gasteiger partial charge in [-0.25, -0.2) is 4.18 Å². The summed E-state index contributed by atoms with van der Waals surface area (Å²) in [4.78, 5) is 0. The van der Waals surface area contributed by atoms with Crippen LogP contribution in [0.4, 0.5) is 0 Å². The molecule has 0 fully saturated rings. The second-order valence-corrected chi connectivity index (χ2v) is 35.9. The molecule has 0 rings (SSSR count). The highest BCUT2D eigenvalue weighted by Crippen LogP contribution is 2.79. The third kappa shape index (κ3) is 10.8. The van der Waals surface area contributed by atoms with Gasteiger partial charge in [0.15, 0.2) is 60.7 Å². The van der Waals surface area contributed by atoms with Gasteiger partial charge in [-0.05, 0) is 0 Å². The molecule has 41 heteroatoms. The van der Waals surface area contributed by atoms with Gasteiger partial charge in [0.25, 0.3) is 4.52 Å². The Hall–Kier alpha value is 10.8. The number of rotatable bonds is 18. The van der Waals surface area contributed by atoms with Crippen molar-refractivity contribution in [1.29, 1.82) is 0 Å². The maximum atomic E-state index is 11.3. The Morgan fingerprint density at radius 2 is 0.356 bits per heavy atom. The Bertz CT molecular complexity index is 1570. The quantitative estimate of drug-likeness (QED) is 0.110. The van der Waals surface area contributed by atoms with Crippen LogP contribution in [0.15, 0.2) is 0 Å². The van der Waals surface area contributed by atoms with Crippen molar-refractivity contribution in [2.75, 3.05) is 0 Å². The summed E-state index contributed by atoms with van der Waals surface area (Å²) in [5, 5.41) is 0. The average molecular weight is 1610 g/mol. The number of hydrogen-bond donors (Lipinski definition) is 1. The van der Waals surface area contributed by atoms with Crippen LogP contribution in [0.2, 0.25) is 0 Å². The van der Waals surface area contributed by atoms with Gasteiger partial charge in [-0.3, -0.25) is 4.55 Å². The van der Waals surface area contributed by atoms with E-state index in [1.807, 2.05) is 0 Å². The van der Waals surface area contributed by atoms with Gasteiger partial charge in [0.05, 0.1) is 0 Å². The Morgan fingerprint density at radius 1 is 0.237 bits per heavy atom. The first kappa shape index (κ1) is 69.8. The standard InChI is InChI=1S/C18HCl37O3S/c19-1(20,3(23,24)5(27,28)7(31,32)9(35,36)11(39,40)13(43,44)15(47,48)17(51,52)53)2(21,22)4(25,26)6(29,30)8(33,34)10(37,38)12(41,42)14(45,46)16(49,50)18(54,55)58-59(56)57/h(H,56,57). The van der Waals surface area contributed by atoms with Crippen LogP contribution < -0.4 is 0 Å². The Labute approximate surface area is 522 Å². The minimum atomic E-state index is -3.78. The summed E-state index contributed by atoms with van der Waals surface area (Å²) in [6, 6.07) is 0. The van der Waals surface area contributed by atoms with Gasteiger partial charge in [-0.15, -0.1) is 0 Å². The van der Waals surface area contributed by atoms with Gasteiger partial charge in [0, 0.05) is 0 Å². The molecule has 3 nitrogen and oxygen atoms in total. The first-order valence-corrected chi connectivity index (χ1v) is 27.0. The lowest BCUT2D eigenvalue weighted by Crippen LogP contribution is -2.76. The molecule has 1 unspecified atom stereocenters. The fourth-order valence-corrected chi connectivity index (χ4v) is 16.4. The molecule has 0 heterocycles. The molecule has 356 valence electrons. The van der Waals surface area contributed by atoms with E-state index >= 15 is 0 Å². The summed E-state index contributed by atoms with van der Waals surface area (Å²) in [5.74, 6) is 0. The molecule has 0 bridgehead atoms. The third-order valence-electron chi connectivity index (χ3n) is 6.81. The van der Waals surface area contributed by atoms with E-state index in [0.717, 1.165) is 0 Å². The summed E-state index contributed by atoms with van der Waals surface area (Å²) in [5.41, 5.74) is 0. The highest BCUT2D eigenvalue weighted by Gasteiger charge is 2.88. The minimum Gasteiger partial charge on any atom is -0.284 e. The van der Waals surface area contributed by atoms with E-state index in [9.17, 15) is 4.21 Å². The molecule has 0 aliphatic rings. The highest BCUT2D eigenvalue weighted by molar-refractivity contribution is 7.74. The number of halogens is 37. The van der Waals surface area contributed by atoms with Crippen molar-refractivity contribution in [2.45, 2.75) is 77.6 Å². The molecule has 1 N–H and O–H groups in total. The maximum absolute atomic E-state index is 11.3. The molecule has 0 spiro atoms. The minimum absolute atomic E-state index is 2.89. The molecule has 1 atom stereocenters. The summed E-state index contributed by atoms with van der Waals surface area (Å²) >= 11 is 232. The van der Waals surface area contributed by atoms with Crippen molar-refractivity contribution in [3.63, 3.8) is 0 Å². The lowest BCUT2D eigenvalue weighted by molar-refractivity contribution is 0.208. The summed E-state index contributed by atoms with van der Waals surface area (Å²) in [6.07, 6.45) is 0. The smallest absolute Gasteiger partial charge is 0.284 e. The van der Waals surface area contributed by atoms with E-state index in [0.29, 0.717) is 0 Å². The first-order valence-electron chi connectivity index (χ1n) is 12.0. The highest BCUT2D eigenvalue weighted by atomic mass is 35.6. The van der Waals surface area contributed by atoms with E-state index in [1.54, 1.807) is 0 Å². The Balaban J connectivity index is 7.88.